The van der Waals surface area contributed by atoms with Crippen LogP contribution in [-0.2, 0) is 14.6 Å². The number of ether oxygens (including phenoxy) is 1. The topological polar surface area (TPSA) is 79.8 Å². The van der Waals surface area contributed by atoms with Crippen LogP contribution >= 0.6 is 0 Å². The van der Waals surface area contributed by atoms with Gasteiger partial charge in [0.2, 0.25) is 0 Å². The van der Waals surface area contributed by atoms with E-state index in [1.807, 2.05) is 0 Å². The van der Waals surface area contributed by atoms with Gasteiger partial charge in [-0.2, -0.15) is 0 Å². The van der Waals surface area contributed by atoms with Gasteiger partial charge in [0.15, 0.2) is 15.8 Å². The maximum atomic E-state index is 11.7. The van der Waals surface area contributed by atoms with E-state index in [1.165, 1.54) is 25.7 Å². The first kappa shape index (κ1) is 20.9. The Hall–Kier alpha value is -0.820. The third-order valence-electron chi connectivity index (χ3n) is 6.12. The number of nitrogens with zero attached hydrogens (tertiary/aromatic N) is 1. The van der Waals surface area contributed by atoms with Crippen molar-refractivity contribution in [3.63, 3.8) is 0 Å². The van der Waals surface area contributed by atoms with E-state index in [-0.39, 0.29) is 23.2 Å². The van der Waals surface area contributed by atoms with Crippen molar-refractivity contribution >= 4 is 15.8 Å². The fourth-order valence-electron chi connectivity index (χ4n) is 4.36. The smallest absolute Gasteiger partial charge is 0.191 e. The monoisotopic (exact) mass is 399 g/mol. The third kappa shape index (κ3) is 6.34. The molecule has 0 spiro atoms. The second-order valence-electron chi connectivity index (χ2n) is 9.68. The van der Waals surface area contributed by atoms with Gasteiger partial charge in [-0.05, 0) is 43.4 Å². The van der Waals surface area contributed by atoms with E-state index in [0.29, 0.717) is 24.4 Å². The maximum absolute atomic E-state index is 11.7. The lowest BCUT2D eigenvalue weighted by atomic mass is 9.83. The molecule has 0 amide bonds. The molecule has 2 heterocycles. The Morgan fingerprint density at radius 1 is 1.07 bits per heavy atom. The Kier molecular flexibility index (Phi) is 6.72. The molecule has 3 rings (SSSR count). The van der Waals surface area contributed by atoms with Gasteiger partial charge in [-0.3, -0.25) is 4.99 Å². The largest absolute Gasteiger partial charge is 0.378 e. The summed E-state index contributed by atoms with van der Waals surface area (Å²) in [4.78, 5) is 4.81. The summed E-state index contributed by atoms with van der Waals surface area (Å²) in [6.07, 6.45) is 7.88. The van der Waals surface area contributed by atoms with Crippen LogP contribution in [0.25, 0.3) is 0 Å². The van der Waals surface area contributed by atoms with E-state index < -0.39 is 9.84 Å². The first-order valence-electron chi connectivity index (χ1n) is 10.6. The molecule has 3 fully saturated rings. The SMILES string of the molecule is CC(C)(C)C1CC(NC(=NCC2CCS(=O)(=O)C2)NC2CCCC2)CCO1. The molecule has 0 radical (unpaired) electrons. The molecule has 3 atom stereocenters. The van der Waals surface area contributed by atoms with Crippen molar-refractivity contribution in [2.45, 2.75) is 83.9 Å². The highest BCUT2D eigenvalue weighted by atomic mass is 32.2. The minimum atomic E-state index is -2.84. The van der Waals surface area contributed by atoms with E-state index >= 15 is 0 Å². The third-order valence-corrected chi connectivity index (χ3v) is 7.96. The molecule has 2 aliphatic heterocycles. The van der Waals surface area contributed by atoms with E-state index in [1.54, 1.807) is 0 Å². The van der Waals surface area contributed by atoms with Gasteiger partial charge in [0.1, 0.15) is 0 Å². The molecular weight excluding hydrogens is 362 g/mol. The van der Waals surface area contributed by atoms with Crippen molar-refractivity contribution in [2.75, 3.05) is 24.7 Å². The van der Waals surface area contributed by atoms with Crippen molar-refractivity contribution in [3.8, 4) is 0 Å². The fourth-order valence-corrected chi connectivity index (χ4v) is 6.21. The van der Waals surface area contributed by atoms with Gasteiger partial charge < -0.3 is 15.4 Å². The molecule has 0 aromatic carbocycles. The Bertz CT molecular complexity index is 621. The predicted molar refractivity (Wildman–Crippen MR) is 110 cm³/mol. The quantitative estimate of drug-likeness (QED) is 0.561. The highest BCUT2D eigenvalue weighted by Gasteiger charge is 2.32. The van der Waals surface area contributed by atoms with Crippen LogP contribution in [0.3, 0.4) is 0 Å². The molecule has 2 saturated heterocycles. The summed E-state index contributed by atoms with van der Waals surface area (Å²) >= 11 is 0. The van der Waals surface area contributed by atoms with E-state index in [2.05, 4.69) is 31.4 Å². The minimum absolute atomic E-state index is 0.134. The molecular formula is C20H37N3O3S. The minimum Gasteiger partial charge on any atom is -0.378 e. The van der Waals surface area contributed by atoms with E-state index in [9.17, 15) is 8.42 Å². The average molecular weight is 400 g/mol. The van der Waals surface area contributed by atoms with Gasteiger partial charge in [-0.25, -0.2) is 8.42 Å². The molecule has 2 N–H and O–H groups in total. The predicted octanol–water partition coefficient (Wildman–Crippen LogP) is 2.49. The Balaban J connectivity index is 1.61. The Morgan fingerprint density at radius 3 is 2.41 bits per heavy atom. The number of hydrogen-bond acceptors (Lipinski definition) is 4. The second-order valence-corrected chi connectivity index (χ2v) is 11.9. The van der Waals surface area contributed by atoms with Crippen LogP contribution in [0.1, 0.15) is 65.7 Å². The lowest BCUT2D eigenvalue weighted by Gasteiger charge is -2.38. The number of guanidine groups is 1. The molecule has 3 unspecified atom stereocenters. The first-order chi connectivity index (χ1) is 12.7. The van der Waals surface area contributed by atoms with Gasteiger partial charge in [-0.15, -0.1) is 0 Å². The molecule has 1 aliphatic carbocycles. The molecule has 0 bridgehead atoms. The fraction of sp³-hybridized carbons (Fsp3) is 0.950. The molecule has 27 heavy (non-hydrogen) atoms. The van der Waals surface area contributed by atoms with Gasteiger partial charge in [0.05, 0.1) is 17.6 Å². The van der Waals surface area contributed by atoms with Crippen LogP contribution in [0.4, 0.5) is 0 Å². The maximum Gasteiger partial charge on any atom is 0.191 e. The second kappa shape index (κ2) is 8.68. The van der Waals surface area contributed by atoms with Gasteiger partial charge in [-0.1, -0.05) is 33.6 Å². The molecule has 0 aromatic rings. The summed E-state index contributed by atoms with van der Waals surface area (Å²) in [6, 6.07) is 0.838. The van der Waals surface area contributed by atoms with Crippen molar-refractivity contribution < 1.29 is 13.2 Å². The number of hydrogen-bond donors (Lipinski definition) is 2. The summed E-state index contributed by atoms with van der Waals surface area (Å²) in [5.41, 5.74) is 0.134. The van der Waals surface area contributed by atoms with Crippen LogP contribution in [0.15, 0.2) is 4.99 Å². The molecule has 0 aromatic heterocycles. The first-order valence-corrected chi connectivity index (χ1v) is 12.4. The number of aliphatic imine (C=N–C) groups is 1. The average Bonchev–Trinajstić information content (AvgIpc) is 3.21. The van der Waals surface area contributed by atoms with Crippen LogP contribution in [-0.4, -0.2) is 57.2 Å². The number of sulfone groups is 1. The lowest BCUT2D eigenvalue weighted by molar-refractivity contribution is -0.0560. The van der Waals surface area contributed by atoms with E-state index in [4.69, 9.17) is 9.73 Å². The van der Waals surface area contributed by atoms with Crippen molar-refractivity contribution in [1.29, 1.82) is 0 Å². The standard InChI is InChI=1S/C20H37N3O3S/c1-20(2,3)18-12-17(8-10-26-18)23-19(22-16-6-4-5-7-16)21-13-15-9-11-27(24,25)14-15/h15-18H,4-14H2,1-3H3,(H2,21,22,23). The van der Waals surface area contributed by atoms with Crippen LogP contribution in [0, 0.1) is 11.3 Å². The number of rotatable bonds is 4. The molecule has 3 aliphatic rings. The molecule has 7 heteroatoms. The van der Waals surface area contributed by atoms with Gasteiger partial charge in [0.25, 0.3) is 0 Å². The molecule has 6 nitrogen and oxygen atoms in total. The summed E-state index contributed by atoms with van der Waals surface area (Å²) in [5.74, 6) is 1.63. The van der Waals surface area contributed by atoms with Crippen molar-refractivity contribution in [2.24, 2.45) is 16.3 Å². The van der Waals surface area contributed by atoms with E-state index in [0.717, 1.165) is 31.8 Å². The molecule has 1 saturated carbocycles. The summed E-state index contributed by atoms with van der Waals surface area (Å²) in [5, 5.41) is 7.25. The normalized spacial score (nSPS) is 32.6. The van der Waals surface area contributed by atoms with Gasteiger partial charge in [0, 0.05) is 25.2 Å². The number of nitrogens with one attached hydrogen (secondary N) is 2. The summed E-state index contributed by atoms with van der Waals surface area (Å²) in [6.45, 7) is 8.05. The van der Waals surface area contributed by atoms with Crippen molar-refractivity contribution in [3.05, 3.63) is 0 Å². The Labute approximate surface area is 164 Å². The summed E-state index contributed by atoms with van der Waals surface area (Å²) in [7, 11) is -2.84. The Morgan fingerprint density at radius 2 is 1.78 bits per heavy atom. The van der Waals surface area contributed by atoms with Crippen LogP contribution in [0.5, 0.6) is 0 Å². The zero-order chi connectivity index (χ0) is 19.5. The molecule has 156 valence electrons. The highest BCUT2D eigenvalue weighted by Crippen LogP contribution is 2.29. The highest BCUT2D eigenvalue weighted by molar-refractivity contribution is 7.91. The summed E-state index contributed by atoms with van der Waals surface area (Å²) < 4.78 is 29.4. The zero-order valence-electron chi connectivity index (χ0n) is 17.2. The van der Waals surface area contributed by atoms with Gasteiger partial charge >= 0.3 is 0 Å². The van der Waals surface area contributed by atoms with Crippen LogP contribution < -0.4 is 10.6 Å². The lowest BCUT2D eigenvalue weighted by Crippen LogP contribution is -2.51. The van der Waals surface area contributed by atoms with Crippen molar-refractivity contribution in [1.82, 2.24) is 10.6 Å². The zero-order valence-corrected chi connectivity index (χ0v) is 18.0. The van der Waals surface area contributed by atoms with Crippen LogP contribution in [0.2, 0.25) is 0 Å².